The molecule has 27 heavy (non-hydrogen) atoms. The SMILES string of the molecule is COc1ccc2nccc(NC(=O)c3cc(OC)c(OC)c(OC)c3)c2c1. The van der Waals surface area contributed by atoms with Crippen LogP contribution in [0.1, 0.15) is 10.4 Å². The fourth-order valence-corrected chi connectivity index (χ4v) is 2.77. The summed E-state index contributed by atoms with van der Waals surface area (Å²) in [7, 11) is 6.10. The molecule has 0 bridgehead atoms. The molecule has 0 unspecified atom stereocenters. The summed E-state index contributed by atoms with van der Waals surface area (Å²) in [6.07, 6.45) is 1.64. The Bertz CT molecular complexity index is 962. The minimum Gasteiger partial charge on any atom is -0.497 e. The lowest BCUT2D eigenvalue weighted by molar-refractivity contribution is 0.102. The van der Waals surface area contributed by atoms with E-state index in [0.29, 0.717) is 34.2 Å². The Kier molecular flexibility index (Phi) is 5.30. The van der Waals surface area contributed by atoms with Crippen molar-refractivity contribution in [2.75, 3.05) is 33.8 Å². The Balaban J connectivity index is 2.00. The number of methoxy groups -OCH3 is 4. The first kappa shape index (κ1) is 18.3. The second kappa shape index (κ2) is 7.82. The summed E-state index contributed by atoms with van der Waals surface area (Å²) in [5, 5.41) is 3.68. The van der Waals surface area contributed by atoms with Crippen molar-refractivity contribution in [3.05, 3.63) is 48.2 Å². The van der Waals surface area contributed by atoms with Gasteiger partial charge in [-0.1, -0.05) is 0 Å². The molecule has 0 spiro atoms. The van der Waals surface area contributed by atoms with Crippen LogP contribution in [0.3, 0.4) is 0 Å². The van der Waals surface area contributed by atoms with Gasteiger partial charge in [0.1, 0.15) is 5.75 Å². The number of ether oxygens (including phenoxy) is 4. The van der Waals surface area contributed by atoms with E-state index in [1.165, 1.54) is 21.3 Å². The standard InChI is InChI=1S/C20H20N2O5/c1-24-13-5-6-15-14(11-13)16(7-8-21-15)22-20(23)12-9-17(25-2)19(27-4)18(10-12)26-3/h5-11H,1-4H3,(H,21,22,23). The van der Waals surface area contributed by atoms with E-state index in [-0.39, 0.29) is 5.91 Å². The van der Waals surface area contributed by atoms with Gasteiger partial charge in [0.2, 0.25) is 5.75 Å². The molecule has 1 aromatic heterocycles. The average molecular weight is 368 g/mol. The van der Waals surface area contributed by atoms with E-state index in [0.717, 1.165) is 10.9 Å². The highest BCUT2D eigenvalue weighted by Crippen LogP contribution is 2.38. The van der Waals surface area contributed by atoms with Crippen LogP contribution in [0.25, 0.3) is 10.9 Å². The van der Waals surface area contributed by atoms with Crippen molar-refractivity contribution >= 4 is 22.5 Å². The number of hydrogen-bond acceptors (Lipinski definition) is 6. The molecule has 0 saturated carbocycles. The molecule has 1 amide bonds. The van der Waals surface area contributed by atoms with Gasteiger partial charge in [0.25, 0.3) is 5.91 Å². The maximum Gasteiger partial charge on any atom is 0.255 e. The van der Waals surface area contributed by atoms with Gasteiger partial charge in [-0.2, -0.15) is 0 Å². The summed E-state index contributed by atoms with van der Waals surface area (Å²) in [4.78, 5) is 17.1. The van der Waals surface area contributed by atoms with E-state index < -0.39 is 0 Å². The summed E-state index contributed by atoms with van der Waals surface area (Å²) in [5.74, 6) is 1.60. The van der Waals surface area contributed by atoms with Crippen molar-refractivity contribution in [2.45, 2.75) is 0 Å². The van der Waals surface area contributed by atoms with Crippen molar-refractivity contribution in [3.8, 4) is 23.0 Å². The number of anilines is 1. The van der Waals surface area contributed by atoms with Gasteiger partial charge >= 0.3 is 0 Å². The first-order chi connectivity index (χ1) is 13.1. The smallest absolute Gasteiger partial charge is 0.255 e. The van der Waals surface area contributed by atoms with E-state index >= 15 is 0 Å². The third-order valence-corrected chi connectivity index (χ3v) is 4.12. The predicted molar refractivity (Wildman–Crippen MR) is 102 cm³/mol. The average Bonchev–Trinajstić information content (AvgIpc) is 2.72. The summed E-state index contributed by atoms with van der Waals surface area (Å²) in [6.45, 7) is 0. The summed E-state index contributed by atoms with van der Waals surface area (Å²) >= 11 is 0. The number of carbonyl (C=O) groups excluding carboxylic acids is 1. The van der Waals surface area contributed by atoms with Gasteiger partial charge in [0, 0.05) is 17.1 Å². The van der Waals surface area contributed by atoms with Crippen LogP contribution in [-0.2, 0) is 0 Å². The molecule has 0 saturated heterocycles. The lowest BCUT2D eigenvalue weighted by Gasteiger charge is -2.14. The number of nitrogens with one attached hydrogen (secondary N) is 1. The van der Waals surface area contributed by atoms with Crippen LogP contribution in [-0.4, -0.2) is 39.3 Å². The molecule has 3 rings (SSSR count). The van der Waals surface area contributed by atoms with Crippen molar-refractivity contribution < 1.29 is 23.7 Å². The normalized spacial score (nSPS) is 10.4. The Morgan fingerprint density at radius 3 is 2.19 bits per heavy atom. The zero-order valence-corrected chi connectivity index (χ0v) is 15.5. The largest absolute Gasteiger partial charge is 0.497 e. The molecule has 0 aliphatic carbocycles. The Hall–Kier alpha value is -3.48. The van der Waals surface area contributed by atoms with Gasteiger partial charge < -0.3 is 24.3 Å². The van der Waals surface area contributed by atoms with Crippen molar-refractivity contribution in [3.63, 3.8) is 0 Å². The third-order valence-electron chi connectivity index (χ3n) is 4.12. The van der Waals surface area contributed by atoms with Crippen molar-refractivity contribution in [1.29, 1.82) is 0 Å². The fourth-order valence-electron chi connectivity index (χ4n) is 2.77. The monoisotopic (exact) mass is 368 g/mol. The molecule has 0 fully saturated rings. The molecule has 0 aliphatic heterocycles. The zero-order chi connectivity index (χ0) is 19.4. The molecule has 1 N–H and O–H groups in total. The zero-order valence-electron chi connectivity index (χ0n) is 15.5. The first-order valence-electron chi connectivity index (χ1n) is 8.15. The number of amides is 1. The van der Waals surface area contributed by atoms with Gasteiger partial charge in [-0.15, -0.1) is 0 Å². The molecule has 140 valence electrons. The van der Waals surface area contributed by atoms with Crippen LogP contribution in [0.15, 0.2) is 42.6 Å². The van der Waals surface area contributed by atoms with E-state index in [2.05, 4.69) is 10.3 Å². The summed E-state index contributed by atoms with van der Waals surface area (Å²) in [5.41, 5.74) is 1.74. The fraction of sp³-hybridized carbons (Fsp3) is 0.200. The maximum atomic E-state index is 12.8. The number of carbonyl (C=O) groups is 1. The second-order valence-electron chi connectivity index (χ2n) is 5.61. The molecule has 7 nitrogen and oxygen atoms in total. The molecule has 0 atom stereocenters. The van der Waals surface area contributed by atoms with Gasteiger partial charge in [0.05, 0.1) is 39.6 Å². The van der Waals surface area contributed by atoms with Crippen molar-refractivity contribution in [1.82, 2.24) is 4.98 Å². The van der Waals surface area contributed by atoms with E-state index in [1.54, 1.807) is 31.5 Å². The molecule has 0 aliphatic rings. The van der Waals surface area contributed by atoms with Crippen LogP contribution < -0.4 is 24.3 Å². The van der Waals surface area contributed by atoms with Crippen LogP contribution in [0.5, 0.6) is 23.0 Å². The van der Waals surface area contributed by atoms with Crippen molar-refractivity contribution in [2.24, 2.45) is 0 Å². The summed E-state index contributed by atoms with van der Waals surface area (Å²) in [6, 6.07) is 10.4. The third kappa shape index (κ3) is 3.57. The number of nitrogens with zero attached hydrogens (tertiary/aromatic N) is 1. The second-order valence-corrected chi connectivity index (χ2v) is 5.61. The topological polar surface area (TPSA) is 78.9 Å². The van der Waals surface area contributed by atoms with Crippen LogP contribution in [0, 0.1) is 0 Å². The Morgan fingerprint density at radius 1 is 0.889 bits per heavy atom. The van der Waals surface area contributed by atoms with E-state index in [1.807, 2.05) is 18.2 Å². The molecule has 2 aromatic carbocycles. The lowest BCUT2D eigenvalue weighted by Crippen LogP contribution is -2.13. The highest BCUT2D eigenvalue weighted by atomic mass is 16.5. The van der Waals surface area contributed by atoms with Gasteiger partial charge in [-0.3, -0.25) is 9.78 Å². The number of fused-ring (bicyclic) bond motifs is 1. The predicted octanol–water partition coefficient (Wildman–Crippen LogP) is 3.52. The van der Waals surface area contributed by atoms with Gasteiger partial charge in [-0.25, -0.2) is 0 Å². The highest BCUT2D eigenvalue weighted by Gasteiger charge is 2.17. The minimum absolute atomic E-state index is 0.315. The minimum atomic E-state index is -0.315. The number of pyridine rings is 1. The Morgan fingerprint density at radius 2 is 1.59 bits per heavy atom. The molecular weight excluding hydrogens is 348 g/mol. The van der Waals surface area contributed by atoms with E-state index in [4.69, 9.17) is 18.9 Å². The van der Waals surface area contributed by atoms with E-state index in [9.17, 15) is 4.79 Å². The number of rotatable bonds is 6. The number of aromatic nitrogens is 1. The molecular formula is C20H20N2O5. The van der Waals surface area contributed by atoms with Gasteiger partial charge in [-0.05, 0) is 36.4 Å². The number of hydrogen-bond donors (Lipinski definition) is 1. The van der Waals surface area contributed by atoms with Crippen LogP contribution in [0.2, 0.25) is 0 Å². The molecule has 1 heterocycles. The summed E-state index contributed by atoms with van der Waals surface area (Å²) < 4.78 is 21.2. The van der Waals surface area contributed by atoms with Crippen LogP contribution >= 0.6 is 0 Å². The molecule has 0 radical (unpaired) electrons. The maximum absolute atomic E-state index is 12.8. The first-order valence-corrected chi connectivity index (χ1v) is 8.15. The highest BCUT2D eigenvalue weighted by molar-refractivity contribution is 6.09. The quantitative estimate of drug-likeness (QED) is 0.717. The van der Waals surface area contributed by atoms with Crippen LogP contribution in [0.4, 0.5) is 5.69 Å². The van der Waals surface area contributed by atoms with Gasteiger partial charge in [0.15, 0.2) is 11.5 Å². The number of benzene rings is 2. The Labute approximate surface area is 156 Å². The lowest BCUT2D eigenvalue weighted by atomic mass is 10.1. The molecule has 3 aromatic rings. The molecule has 7 heteroatoms.